The van der Waals surface area contributed by atoms with E-state index in [1.165, 1.54) is 6.42 Å². The van der Waals surface area contributed by atoms with E-state index in [9.17, 15) is 14.4 Å². The number of amides is 3. The van der Waals surface area contributed by atoms with E-state index in [4.69, 9.17) is 0 Å². The molecule has 7 nitrogen and oxygen atoms in total. The first-order valence-corrected chi connectivity index (χ1v) is 11.1. The lowest BCUT2D eigenvalue weighted by atomic mass is 9.95. The smallest absolute Gasteiger partial charge is 0.253 e. The van der Waals surface area contributed by atoms with Crippen molar-refractivity contribution in [2.45, 2.75) is 40.0 Å². The molecular formula is C25H32N4O3. The summed E-state index contributed by atoms with van der Waals surface area (Å²) in [5, 5.41) is 8.77. The highest BCUT2D eigenvalue weighted by Gasteiger charge is 2.21. The summed E-state index contributed by atoms with van der Waals surface area (Å²) in [6, 6.07) is 14.2. The van der Waals surface area contributed by atoms with E-state index in [-0.39, 0.29) is 24.3 Å². The van der Waals surface area contributed by atoms with Gasteiger partial charge in [-0.2, -0.15) is 0 Å². The Balaban J connectivity index is 1.50. The van der Waals surface area contributed by atoms with Crippen LogP contribution < -0.4 is 16.0 Å². The molecule has 3 N–H and O–H groups in total. The van der Waals surface area contributed by atoms with E-state index in [1.54, 1.807) is 30.3 Å². The Morgan fingerprint density at radius 2 is 1.50 bits per heavy atom. The third kappa shape index (κ3) is 6.57. The number of nitrogens with one attached hydrogen (secondary N) is 3. The molecule has 0 aromatic heterocycles. The number of nitrogens with zero attached hydrogens (tertiary/aromatic N) is 1. The number of likely N-dealkylation sites (tertiary alicyclic amines) is 1. The normalized spacial score (nSPS) is 13.9. The predicted molar refractivity (Wildman–Crippen MR) is 128 cm³/mol. The van der Waals surface area contributed by atoms with Crippen LogP contribution in [0.3, 0.4) is 0 Å². The number of carbonyl (C=O) groups excluding carboxylic acids is 3. The fraction of sp³-hybridized carbons (Fsp3) is 0.400. The van der Waals surface area contributed by atoms with Crippen LogP contribution in [-0.2, 0) is 9.59 Å². The minimum absolute atomic E-state index is 0.0441. The van der Waals surface area contributed by atoms with Crippen molar-refractivity contribution in [1.29, 1.82) is 0 Å². The third-order valence-electron chi connectivity index (χ3n) is 5.31. The molecule has 3 amide bonds. The summed E-state index contributed by atoms with van der Waals surface area (Å²) in [5.41, 5.74) is 2.19. The standard InChI is InChI=1S/C25H32N4O3/c1-25(2,3)24(32)28-21-9-7-8-20(16-21)26-17-22(30)27-19-12-10-18(11-13-19)23(31)29-14-5-4-6-15-29/h7-13,16,26H,4-6,14-15,17H2,1-3H3,(H,27,30)(H,28,32). The molecule has 32 heavy (non-hydrogen) atoms. The second kappa shape index (κ2) is 10.3. The molecule has 1 saturated heterocycles. The second-order valence-corrected chi connectivity index (χ2v) is 9.12. The van der Waals surface area contributed by atoms with Crippen LogP contribution in [0, 0.1) is 5.41 Å². The van der Waals surface area contributed by atoms with Gasteiger partial charge in [-0.3, -0.25) is 14.4 Å². The van der Waals surface area contributed by atoms with Crippen molar-refractivity contribution in [2.75, 3.05) is 35.6 Å². The lowest BCUT2D eigenvalue weighted by molar-refractivity contribution is -0.123. The van der Waals surface area contributed by atoms with Gasteiger partial charge in [-0.15, -0.1) is 0 Å². The van der Waals surface area contributed by atoms with Crippen molar-refractivity contribution in [2.24, 2.45) is 5.41 Å². The van der Waals surface area contributed by atoms with Gasteiger partial charge in [-0.1, -0.05) is 26.8 Å². The molecule has 0 bridgehead atoms. The minimum Gasteiger partial charge on any atom is -0.376 e. The molecule has 1 fully saturated rings. The summed E-state index contributed by atoms with van der Waals surface area (Å²) in [5.74, 6) is -0.235. The lowest BCUT2D eigenvalue weighted by Crippen LogP contribution is -2.35. The average Bonchev–Trinajstić information content (AvgIpc) is 2.78. The maximum Gasteiger partial charge on any atom is 0.253 e. The van der Waals surface area contributed by atoms with E-state index in [0.29, 0.717) is 16.9 Å². The van der Waals surface area contributed by atoms with E-state index in [2.05, 4.69) is 16.0 Å². The molecule has 0 aliphatic carbocycles. The lowest BCUT2D eigenvalue weighted by Gasteiger charge is -2.26. The molecule has 170 valence electrons. The van der Waals surface area contributed by atoms with Crippen LogP contribution in [0.1, 0.15) is 50.4 Å². The zero-order valence-corrected chi connectivity index (χ0v) is 19.0. The van der Waals surface area contributed by atoms with Crippen molar-refractivity contribution in [3.8, 4) is 0 Å². The van der Waals surface area contributed by atoms with Crippen LogP contribution in [0.15, 0.2) is 48.5 Å². The molecule has 0 unspecified atom stereocenters. The summed E-state index contributed by atoms with van der Waals surface area (Å²) in [7, 11) is 0. The first-order chi connectivity index (χ1) is 15.2. The van der Waals surface area contributed by atoms with Crippen LogP contribution in [0.2, 0.25) is 0 Å². The van der Waals surface area contributed by atoms with Crippen LogP contribution in [-0.4, -0.2) is 42.3 Å². The monoisotopic (exact) mass is 436 g/mol. The number of piperidine rings is 1. The number of hydrogen-bond donors (Lipinski definition) is 3. The Kier molecular flexibility index (Phi) is 7.51. The molecule has 2 aromatic carbocycles. The van der Waals surface area contributed by atoms with E-state index in [0.717, 1.165) is 31.6 Å². The molecule has 0 spiro atoms. The number of carbonyl (C=O) groups is 3. The Morgan fingerprint density at radius 3 is 2.16 bits per heavy atom. The molecule has 1 aliphatic rings. The Bertz CT molecular complexity index is 958. The summed E-state index contributed by atoms with van der Waals surface area (Å²) < 4.78 is 0. The molecule has 7 heteroatoms. The fourth-order valence-corrected chi connectivity index (χ4v) is 3.39. The zero-order valence-electron chi connectivity index (χ0n) is 19.0. The number of rotatable bonds is 6. The quantitative estimate of drug-likeness (QED) is 0.628. The van der Waals surface area contributed by atoms with Crippen molar-refractivity contribution >= 4 is 34.8 Å². The van der Waals surface area contributed by atoms with Crippen LogP contribution in [0.4, 0.5) is 17.1 Å². The van der Waals surface area contributed by atoms with Gasteiger partial charge in [0.05, 0.1) is 6.54 Å². The maximum absolute atomic E-state index is 12.5. The Morgan fingerprint density at radius 1 is 0.844 bits per heavy atom. The van der Waals surface area contributed by atoms with Gasteiger partial charge in [0.25, 0.3) is 5.91 Å². The van der Waals surface area contributed by atoms with Gasteiger partial charge in [0.2, 0.25) is 11.8 Å². The van der Waals surface area contributed by atoms with Gasteiger partial charge in [0, 0.05) is 41.1 Å². The van der Waals surface area contributed by atoms with Crippen molar-refractivity contribution < 1.29 is 14.4 Å². The molecular weight excluding hydrogens is 404 g/mol. The Hall–Kier alpha value is -3.35. The second-order valence-electron chi connectivity index (χ2n) is 9.12. The highest BCUT2D eigenvalue weighted by atomic mass is 16.2. The van der Waals surface area contributed by atoms with Crippen molar-refractivity contribution in [1.82, 2.24) is 4.90 Å². The van der Waals surface area contributed by atoms with E-state index < -0.39 is 5.41 Å². The number of hydrogen-bond acceptors (Lipinski definition) is 4. The Labute approximate surface area is 189 Å². The number of anilines is 3. The van der Waals surface area contributed by atoms with Gasteiger partial charge in [-0.05, 0) is 61.7 Å². The molecule has 2 aromatic rings. The average molecular weight is 437 g/mol. The highest BCUT2D eigenvalue weighted by molar-refractivity contribution is 5.97. The summed E-state index contributed by atoms with van der Waals surface area (Å²) in [6.45, 7) is 7.25. The topological polar surface area (TPSA) is 90.5 Å². The van der Waals surface area contributed by atoms with Crippen molar-refractivity contribution in [3.63, 3.8) is 0 Å². The number of benzene rings is 2. The van der Waals surface area contributed by atoms with Gasteiger partial charge >= 0.3 is 0 Å². The summed E-state index contributed by atoms with van der Waals surface area (Å²) in [4.78, 5) is 38.9. The third-order valence-corrected chi connectivity index (χ3v) is 5.31. The molecule has 1 aliphatic heterocycles. The predicted octanol–water partition coefficient (Wildman–Crippen LogP) is 4.35. The SMILES string of the molecule is CC(C)(C)C(=O)Nc1cccc(NCC(=O)Nc2ccc(C(=O)N3CCCCC3)cc2)c1. The molecule has 3 rings (SSSR count). The van der Waals surface area contributed by atoms with Gasteiger partial charge in [0.1, 0.15) is 0 Å². The molecule has 0 saturated carbocycles. The van der Waals surface area contributed by atoms with Crippen LogP contribution in [0.25, 0.3) is 0 Å². The van der Waals surface area contributed by atoms with E-state index in [1.807, 2.05) is 43.9 Å². The summed E-state index contributed by atoms with van der Waals surface area (Å²) in [6.07, 6.45) is 3.29. The van der Waals surface area contributed by atoms with Gasteiger partial charge in [-0.25, -0.2) is 0 Å². The van der Waals surface area contributed by atoms with Gasteiger partial charge in [0.15, 0.2) is 0 Å². The first-order valence-electron chi connectivity index (χ1n) is 11.1. The minimum atomic E-state index is -0.489. The van der Waals surface area contributed by atoms with Crippen LogP contribution >= 0.6 is 0 Å². The molecule has 0 radical (unpaired) electrons. The van der Waals surface area contributed by atoms with E-state index >= 15 is 0 Å². The summed E-state index contributed by atoms with van der Waals surface area (Å²) >= 11 is 0. The maximum atomic E-state index is 12.5. The highest BCUT2D eigenvalue weighted by Crippen LogP contribution is 2.20. The molecule has 0 atom stereocenters. The van der Waals surface area contributed by atoms with Crippen LogP contribution in [0.5, 0.6) is 0 Å². The van der Waals surface area contributed by atoms with Gasteiger partial charge < -0.3 is 20.9 Å². The fourth-order valence-electron chi connectivity index (χ4n) is 3.39. The first kappa shape index (κ1) is 23.3. The van der Waals surface area contributed by atoms with Crippen molar-refractivity contribution in [3.05, 3.63) is 54.1 Å². The molecule has 1 heterocycles. The zero-order chi connectivity index (χ0) is 23.1. The largest absolute Gasteiger partial charge is 0.376 e.